The largest absolute Gasteiger partial charge is 0.444 e. The summed E-state index contributed by atoms with van der Waals surface area (Å²) in [6, 6.07) is 10.7. The van der Waals surface area contributed by atoms with Crippen LogP contribution in [0.25, 0.3) is 22.8 Å². The zero-order valence-corrected chi connectivity index (χ0v) is 18.9. The molecule has 2 heterocycles. The molecule has 1 N–H and O–H groups in total. The van der Waals surface area contributed by atoms with Gasteiger partial charge in [-0.3, -0.25) is 5.32 Å². The number of anilines is 1. The number of halogens is 3. The highest BCUT2D eigenvalue weighted by atomic mass is 19.3. The molecule has 0 atom stereocenters. The van der Waals surface area contributed by atoms with E-state index >= 15 is 0 Å². The summed E-state index contributed by atoms with van der Waals surface area (Å²) in [6.45, 7) is 5.30. The highest BCUT2D eigenvalue weighted by molar-refractivity contribution is 5.85. The summed E-state index contributed by atoms with van der Waals surface area (Å²) in [4.78, 5) is 16.2. The van der Waals surface area contributed by atoms with E-state index in [2.05, 4.69) is 25.7 Å². The van der Waals surface area contributed by atoms with E-state index in [1.165, 1.54) is 12.1 Å². The summed E-state index contributed by atoms with van der Waals surface area (Å²) >= 11 is 0. The first kappa shape index (κ1) is 23.9. The maximum Gasteiger partial charge on any atom is 0.412 e. The summed E-state index contributed by atoms with van der Waals surface area (Å²) < 4.78 is 55.1. The molecule has 0 radical (unpaired) electrons. The molecule has 12 heteroatoms. The predicted molar refractivity (Wildman–Crippen MR) is 117 cm³/mol. The molecule has 0 saturated heterocycles. The molecule has 9 nitrogen and oxygen atoms in total. The van der Waals surface area contributed by atoms with E-state index in [1.807, 2.05) is 0 Å². The van der Waals surface area contributed by atoms with Crippen molar-refractivity contribution in [3.63, 3.8) is 0 Å². The number of hydrogen-bond acceptors (Lipinski definition) is 8. The number of alkyl halides is 2. The third-order valence-electron chi connectivity index (χ3n) is 4.53. The average Bonchev–Trinajstić information content (AvgIpc) is 3.45. The van der Waals surface area contributed by atoms with Crippen LogP contribution >= 0.6 is 0 Å². The molecule has 0 fully saturated rings. The van der Waals surface area contributed by atoms with Crippen LogP contribution in [0.4, 0.5) is 23.7 Å². The number of amides is 1. The molecule has 2 aromatic heterocycles. The SMILES string of the molecule is CC(C)(C)OC(=O)Nc1ccc(-c2noc(Cc3ccc(-c4nnc(C(F)F)o4)cc3F)n2)cc1. The van der Waals surface area contributed by atoms with E-state index in [9.17, 15) is 18.0 Å². The highest BCUT2D eigenvalue weighted by Crippen LogP contribution is 2.26. The van der Waals surface area contributed by atoms with Crippen molar-refractivity contribution in [2.45, 2.75) is 39.2 Å². The van der Waals surface area contributed by atoms with Gasteiger partial charge in [0.1, 0.15) is 11.4 Å². The number of ether oxygens (including phenoxy) is 1. The van der Waals surface area contributed by atoms with Gasteiger partial charge in [-0.2, -0.15) is 13.8 Å². The van der Waals surface area contributed by atoms with Gasteiger partial charge in [0.15, 0.2) is 0 Å². The van der Waals surface area contributed by atoms with Crippen molar-refractivity contribution in [1.82, 2.24) is 20.3 Å². The fourth-order valence-corrected chi connectivity index (χ4v) is 2.99. The maximum atomic E-state index is 14.6. The van der Waals surface area contributed by atoms with E-state index in [0.29, 0.717) is 11.3 Å². The van der Waals surface area contributed by atoms with Gasteiger partial charge in [-0.25, -0.2) is 9.18 Å². The summed E-state index contributed by atoms with van der Waals surface area (Å²) in [6.07, 6.45) is -3.48. The van der Waals surface area contributed by atoms with Crippen molar-refractivity contribution in [3.8, 4) is 22.8 Å². The summed E-state index contributed by atoms with van der Waals surface area (Å²) in [5.41, 5.74) is 0.939. The van der Waals surface area contributed by atoms with Crippen molar-refractivity contribution >= 4 is 11.8 Å². The normalized spacial score (nSPS) is 11.6. The Morgan fingerprint density at radius 3 is 2.43 bits per heavy atom. The number of rotatable bonds is 6. The summed E-state index contributed by atoms with van der Waals surface area (Å²) in [7, 11) is 0. The number of nitrogens with zero attached hydrogens (tertiary/aromatic N) is 4. The molecule has 35 heavy (non-hydrogen) atoms. The lowest BCUT2D eigenvalue weighted by Gasteiger charge is -2.19. The molecule has 4 aromatic rings. The van der Waals surface area contributed by atoms with E-state index < -0.39 is 29.8 Å². The first-order valence-corrected chi connectivity index (χ1v) is 10.4. The number of benzene rings is 2. The quantitative estimate of drug-likeness (QED) is 0.363. The minimum Gasteiger partial charge on any atom is -0.444 e. The second kappa shape index (κ2) is 9.57. The molecule has 0 aliphatic carbocycles. The van der Waals surface area contributed by atoms with E-state index in [-0.39, 0.29) is 35.2 Å². The third kappa shape index (κ3) is 6.02. The number of aromatic nitrogens is 4. The van der Waals surface area contributed by atoms with Crippen LogP contribution in [0.2, 0.25) is 0 Å². The zero-order chi connectivity index (χ0) is 25.2. The summed E-state index contributed by atoms with van der Waals surface area (Å²) in [5.74, 6) is -1.23. The smallest absolute Gasteiger partial charge is 0.412 e. The van der Waals surface area contributed by atoms with Gasteiger partial charge in [-0.05, 0) is 62.7 Å². The molecule has 2 aromatic carbocycles. The van der Waals surface area contributed by atoms with Gasteiger partial charge >= 0.3 is 12.5 Å². The Morgan fingerprint density at radius 2 is 1.80 bits per heavy atom. The van der Waals surface area contributed by atoms with Crippen LogP contribution in [0.1, 0.15) is 44.5 Å². The Hall–Kier alpha value is -4.22. The van der Waals surface area contributed by atoms with Crippen molar-refractivity contribution in [2.24, 2.45) is 0 Å². The molecule has 0 aliphatic rings. The fraction of sp³-hybridized carbons (Fsp3) is 0.261. The highest BCUT2D eigenvalue weighted by Gasteiger charge is 2.19. The Labute approximate surface area is 197 Å². The number of carbonyl (C=O) groups is 1. The van der Waals surface area contributed by atoms with Crippen molar-refractivity contribution < 1.29 is 31.6 Å². The number of nitrogens with one attached hydrogen (secondary N) is 1. The van der Waals surface area contributed by atoms with Gasteiger partial charge in [0.05, 0.1) is 6.42 Å². The molecule has 0 spiro atoms. The average molecular weight is 487 g/mol. The van der Waals surface area contributed by atoms with Gasteiger partial charge in [0, 0.05) is 16.8 Å². The second-order valence-electron chi connectivity index (χ2n) is 8.45. The van der Waals surface area contributed by atoms with E-state index in [4.69, 9.17) is 13.7 Å². The Bertz CT molecular complexity index is 1330. The van der Waals surface area contributed by atoms with E-state index in [1.54, 1.807) is 45.0 Å². The second-order valence-corrected chi connectivity index (χ2v) is 8.45. The van der Waals surface area contributed by atoms with Crippen LogP contribution in [0, 0.1) is 5.82 Å². The van der Waals surface area contributed by atoms with Gasteiger partial charge in [0.2, 0.25) is 17.6 Å². The van der Waals surface area contributed by atoms with Crippen LogP contribution < -0.4 is 5.32 Å². The lowest BCUT2D eigenvalue weighted by atomic mass is 10.1. The van der Waals surface area contributed by atoms with Gasteiger partial charge in [0.25, 0.3) is 5.89 Å². The van der Waals surface area contributed by atoms with E-state index in [0.717, 1.165) is 6.07 Å². The number of carbonyl (C=O) groups excluding carboxylic acids is 1. The van der Waals surface area contributed by atoms with Gasteiger partial charge in [-0.15, -0.1) is 10.2 Å². The third-order valence-corrected chi connectivity index (χ3v) is 4.53. The van der Waals surface area contributed by atoms with Crippen molar-refractivity contribution in [1.29, 1.82) is 0 Å². The molecule has 1 amide bonds. The van der Waals surface area contributed by atoms with Crippen LogP contribution in [-0.2, 0) is 11.2 Å². The first-order valence-electron chi connectivity index (χ1n) is 10.4. The van der Waals surface area contributed by atoms with Crippen LogP contribution in [0.3, 0.4) is 0 Å². The van der Waals surface area contributed by atoms with Crippen molar-refractivity contribution in [3.05, 3.63) is 65.6 Å². The molecule has 0 bridgehead atoms. The molecule has 0 unspecified atom stereocenters. The van der Waals surface area contributed by atoms with Crippen LogP contribution in [0.15, 0.2) is 51.4 Å². The lowest BCUT2D eigenvalue weighted by molar-refractivity contribution is 0.0636. The topological polar surface area (TPSA) is 116 Å². The van der Waals surface area contributed by atoms with Gasteiger partial charge in [-0.1, -0.05) is 11.2 Å². The number of hydrogen-bond donors (Lipinski definition) is 1. The molecule has 0 aliphatic heterocycles. The minimum atomic E-state index is -2.91. The monoisotopic (exact) mass is 487 g/mol. The van der Waals surface area contributed by atoms with Crippen molar-refractivity contribution in [2.75, 3.05) is 5.32 Å². The maximum absolute atomic E-state index is 14.6. The predicted octanol–water partition coefficient (Wildman–Crippen LogP) is 5.80. The Morgan fingerprint density at radius 1 is 1.09 bits per heavy atom. The zero-order valence-electron chi connectivity index (χ0n) is 18.9. The molecule has 182 valence electrons. The lowest BCUT2D eigenvalue weighted by Crippen LogP contribution is -2.27. The Kier molecular flexibility index (Phi) is 6.54. The summed E-state index contributed by atoms with van der Waals surface area (Å²) in [5, 5.41) is 13.3. The standard InChI is InChI=1S/C23H20F3N5O4/c1-23(2,3)34-22(32)27-15-8-6-12(7-9-15)19-28-17(35-31-19)11-13-4-5-14(10-16(13)24)20-29-30-21(33-20)18(25)26/h4-10,18H,11H2,1-3H3,(H,27,32). The van der Waals surface area contributed by atoms with Gasteiger partial charge < -0.3 is 13.7 Å². The minimum absolute atomic E-state index is 0.00349. The first-order chi connectivity index (χ1) is 16.6. The molecular formula is C23H20F3N5O4. The van der Waals surface area contributed by atoms with Crippen LogP contribution in [-0.4, -0.2) is 32.0 Å². The fourth-order valence-electron chi connectivity index (χ4n) is 2.99. The van der Waals surface area contributed by atoms with Crippen LogP contribution in [0.5, 0.6) is 0 Å². The molecule has 0 saturated carbocycles. The Balaban J connectivity index is 1.42. The molecule has 4 rings (SSSR count). The molecular weight excluding hydrogens is 467 g/mol.